The summed E-state index contributed by atoms with van der Waals surface area (Å²) in [5.41, 5.74) is 2.15. The first kappa shape index (κ1) is 18.4. The molecule has 1 amide bonds. The number of aromatic amines is 1. The summed E-state index contributed by atoms with van der Waals surface area (Å²) in [4.78, 5) is 17.0. The summed E-state index contributed by atoms with van der Waals surface area (Å²) >= 11 is 0. The van der Waals surface area contributed by atoms with E-state index in [1.807, 2.05) is 44.2 Å². The number of rotatable bonds is 6. The molecule has 0 radical (unpaired) electrons. The fourth-order valence-electron chi connectivity index (χ4n) is 2.81. The Morgan fingerprint density at radius 3 is 2.63 bits per heavy atom. The van der Waals surface area contributed by atoms with E-state index < -0.39 is 0 Å². The van der Waals surface area contributed by atoms with Gasteiger partial charge < -0.3 is 14.8 Å². The van der Waals surface area contributed by atoms with Gasteiger partial charge in [-0.15, -0.1) is 0 Å². The minimum absolute atomic E-state index is 0.193. The van der Waals surface area contributed by atoms with Crippen molar-refractivity contribution in [3.8, 4) is 22.9 Å². The molecule has 1 aromatic heterocycles. The Labute approximate surface area is 157 Å². The first-order valence-electron chi connectivity index (χ1n) is 8.54. The average molecular weight is 366 g/mol. The summed E-state index contributed by atoms with van der Waals surface area (Å²) in [6.45, 7) is 3.73. The molecule has 3 rings (SSSR count). The van der Waals surface area contributed by atoms with Crippen LogP contribution in [0.5, 0.6) is 11.5 Å². The van der Waals surface area contributed by atoms with Gasteiger partial charge in [0.1, 0.15) is 17.3 Å². The first-order chi connectivity index (χ1) is 13.0. The van der Waals surface area contributed by atoms with Crippen LogP contribution >= 0.6 is 0 Å². The molecule has 0 aliphatic carbocycles. The summed E-state index contributed by atoms with van der Waals surface area (Å²) in [5, 5.41) is 9.94. The highest BCUT2D eigenvalue weighted by molar-refractivity contribution is 5.95. The van der Waals surface area contributed by atoms with Gasteiger partial charge in [-0.3, -0.25) is 9.89 Å². The third-order valence-electron chi connectivity index (χ3n) is 4.23. The molecular formula is C20H22N4O3. The number of carbonyl (C=O) groups excluding carboxylic acids is 1. The van der Waals surface area contributed by atoms with Crippen LogP contribution in [0, 0.1) is 6.92 Å². The van der Waals surface area contributed by atoms with Crippen molar-refractivity contribution in [1.29, 1.82) is 0 Å². The number of H-pyrrole nitrogens is 1. The summed E-state index contributed by atoms with van der Waals surface area (Å²) in [6.07, 6.45) is 0. The van der Waals surface area contributed by atoms with E-state index in [0.717, 1.165) is 17.0 Å². The van der Waals surface area contributed by atoms with E-state index in [-0.39, 0.29) is 11.9 Å². The van der Waals surface area contributed by atoms with Crippen LogP contribution in [0.25, 0.3) is 11.4 Å². The van der Waals surface area contributed by atoms with Crippen LogP contribution < -0.4 is 14.8 Å². The van der Waals surface area contributed by atoms with Crippen LogP contribution in [0.4, 0.5) is 0 Å². The van der Waals surface area contributed by atoms with Crippen molar-refractivity contribution in [3.05, 3.63) is 59.4 Å². The predicted octanol–water partition coefficient (Wildman–Crippen LogP) is 3.29. The van der Waals surface area contributed by atoms with Gasteiger partial charge in [-0.05, 0) is 44.2 Å². The van der Waals surface area contributed by atoms with E-state index in [1.165, 1.54) is 0 Å². The molecule has 0 aliphatic rings. The summed E-state index contributed by atoms with van der Waals surface area (Å²) in [6, 6.07) is 12.4. The Hall–Kier alpha value is -3.35. The van der Waals surface area contributed by atoms with Crippen LogP contribution in [-0.2, 0) is 0 Å². The van der Waals surface area contributed by atoms with E-state index in [9.17, 15) is 4.79 Å². The number of aromatic nitrogens is 3. The minimum Gasteiger partial charge on any atom is -0.497 e. The number of carbonyl (C=O) groups is 1. The zero-order chi connectivity index (χ0) is 19.4. The molecule has 27 heavy (non-hydrogen) atoms. The van der Waals surface area contributed by atoms with Crippen molar-refractivity contribution in [2.45, 2.75) is 19.9 Å². The molecule has 7 nitrogen and oxygen atoms in total. The molecule has 140 valence electrons. The molecule has 0 unspecified atom stereocenters. The highest BCUT2D eigenvalue weighted by Crippen LogP contribution is 2.29. The number of hydrogen-bond donors (Lipinski definition) is 2. The SMILES string of the molecule is COc1ccc(OC)c([C@H](C)NC(=O)c2cccc(-c3n[nH]c(C)n3)c2)c1. The molecule has 0 saturated heterocycles. The number of amides is 1. The molecule has 3 aromatic rings. The highest BCUT2D eigenvalue weighted by atomic mass is 16.5. The van der Waals surface area contributed by atoms with Gasteiger partial charge >= 0.3 is 0 Å². The van der Waals surface area contributed by atoms with E-state index in [2.05, 4.69) is 20.5 Å². The van der Waals surface area contributed by atoms with Gasteiger partial charge in [0.25, 0.3) is 5.91 Å². The molecule has 0 saturated carbocycles. The largest absolute Gasteiger partial charge is 0.497 e. The fraction of sp³-hybridized carbons (Fsp3) is 0.250. The lowest BCUT2D eigenvalue weighted by atomic mass is 10.1. The minimum atomic E-state index is -0.267. The lowest BCUT2D eigenvalue weighted by Crippen LogP contribution is -2.27. The van der Waals surface area contributed by atoms with Crippen LogP contribution in [0.1, 0.15) is 34.7 Å². The number of hydrogen-bond acceptors (Lipinski definition) is 5. The Balaban J connectivity index is 1.81. The predicted molar refractivity (Wildman–Crippen MR) is 102 cm³/mol. The maximum atomic E-state index is 12.7. The lowest BCUT2D eigenvalue weighted by molar-refractivity contribution is 0.0939. The zero-order valence-corrected chi connectivity index (χ0v) is 15.7. The van der Waals surface area contributed by atoms with Gasteiger partial charge in [0.2, 0.25) is 0 Å². The van der Waals surface area contributed by atoms with Crippen LogP contribution in [0.3, 0.4) is 0 Å². The molecule has 2 N–H and O–H groups in total. The number of benzene rings is 2. The molecule has 0 fully saturated rings. The normalized spacial score (nSPS) is 11.7. The molecule has 2 aromatic carbocycles. The van der Waals surface area contributed by atoms with Crippen molar-refractivity contribution in [2.24, 2.45) is 0 Å². The molecule has 1 heterocycles. The molecule has 0 aliphatic heterocycles. The maximum absolute atomic E-state index is 12.7. The Morgan fingerprint density at radius 1 is 1.15 bits per heavy atom. The first-order valence-corrected chi connectivity index (χ1v) is 8.54. The molecular weight excluding hydrogens is 344 g/mol. The summed E-state index contributed by atoms with van der Waals surface area (Å²) < 4.78 is 10.7. The molecule has 1 atom stereocenters. The third kappa shape index (κ3) is 4.08. The summed E-state index contributed by atoms with van der Waals surface area (Å²) in [5.74, 6) is 2.48. The Bertz CT molecular complexity index is 952. The Morgan fingerprint density at radius 2 is 1.96 bits per heavy atom. The number of nitrogens with zero attached hydrogens (tertiary/aromatic N) is 2. The van der Waals surface area contributed by atoms with Gasteiger partial charge in [0, 0.05) is 16.7 Å². The number of nitrogens with one attached hydrogen (secondary N) is 2. The highest BCUT2D eigenvalue weighted by Gasteiger charge is 2.17. The van der Waals surface area contributed by atoms with E-state index in [4.69, 9.17) is 9.47 Å². The van der Waals surface area contributed by atoms with Crippen LogP contribution in [-0.4, -0.2) is 35.3 Å². The second-order valence-electron chi connectivity index (χ2n) is 6.13. The van der Waals surface area contributed by atoms with Crippen LogP contribution in [0.2, 0.25) is 0 Å². The van der Waals surface area contributed by atoms with Crippen molar-refractivity contribution in [2.75, 3.05) is 14.2 Å². The topological polar surface area (TPSA) is 89.1 Å². The zero-order valence-electron chi connectivity index (χ0n) is 15.7. The smallest absolute Gasteiger partial charge is 0.251 e. The quantitative estimate of drug-likeness (QED) is 0.699. The van der Waals surface area contributed by atoms with Crippen LogP contribution in [0.15, 0.2) is 42.5 Å². The second kappa shape index (κ2) is 7.90. The van der Waals surface area contributed by atoms with Crippen molar-refractivity contribution < 1.29 is 14.3 Å². The third-order valence-corrected chi connectivity index (χ3v) is 4.23. The molecule has 0 bridgehead atoms. The molecule has 7 heteroatoms. The summed E-state index contributed by atoms with van der Waals surface area (Å²) in [7, 11) is 3.20. The number of aryl methyl sites for hydroxylation is 1. The van der Waals surface area contributed by atoms with E-state index in [0.29, 0.717) is 22.9 Å². The number of ether oxygens (including phenoxy) is 2. The van der Waals surface area contributed by atoms with Gasteiger partial charge in [0.05, 0.1) is 20.3 Å². The standard InChI is InChI=1S/C20H22N4O3/c1-12(17-11-16(26-3)8-9-18(17)27-4)21-20(25)15-7-5-6-14(10-15)19-22-13(2)23-24-19/h5-12H,1-4H3,(H,21,25)(H,22,23,24)/t12-/m0/s1. The van der Waals surface area contributed by atoms with E-state index in [1.54, 1.807) is 26.4 Å². The average Bonchev–Trinajstić information content (AvgIpc) is 3.13. The van der Waals surface area contributed by atoms with E-state index >= 15 is 0 Å². The second-order valence-corrected chi connectivity index (χ2v) is 6.13. The number of methoxy groups -OCH3 is 2. The van der Waals surface area contributed by atoms with Gasteiger partial charge in [-0.1, -0.05) is 12.1 Å². The van der Waals surface area contributed by atoms with Gasteiger partial charge in [-0.2, -0.15) is 5.10 Å². The Kier molecular flexibility index (Phi) is 5.40. The molecule has 0 spiro atoms. The monoisotopic (exact) mass is 366 g/mol. The van der Waals surface area contributed by atoms with Crippen molar-refractivity contribution >= 4 is 5.91 Å². The lowest BCUT2D eigenvalue weighted by Gasteiger charge is -2.18. The van der Waals surface area contributed by atoms with Crippen molar-refractivity contribution in [1.82, 2.24) is 20.5 Å². The maximum Gasteiger partial charge on any atom is 0.251 e. The van der Waals surface area contributed by atoms with Gasteiger partial charge in [0.15, 0.2) is 5.82 Å². The van der Waals surface area contributed by atoms with Gasteiger partial charge in [-0.25, -0.2) is 4.98 Å². The fourth-order valence-corrected chi connectivity index (χ4v) is 2.81. The van der Waals surface area contributed by atoms with Crippen molar-refractivity contribution in [3.63, 3.8) is 0 Å².